The summed E-state index contributed by atoms with van der Waals surface area (Å²) in [6.07, 6.45) is 0. The van der Waals surface area contributed by atoms with Crippen molar-refractivity contribution in [1.29, 1.82) is 0 Å². The van der Waals surface area contributed by atoms with Crippen LogP contribution in [0.3, 0.4) is 0 Å². The predicted octanol–water partition coefficient (Wildman–Crippen LogP) is 2.68. The molecule has 0 saturated carbocycles. The Kier molecular flexibility index (Phi) is 5.02. The highest BCUT2D eigenvalue weighted by molar-refractivity contribution is 5.91. The highest BCUT2D eigenvalue weighted by atomic mass is 16.1. The molecule has 1 N–H and O–H groups in total. The second-order valence-electron chi connectivity index (χ2n) is 5.50. The third-order valence-corrected chi connectivity index (χ3v) is 3.98. The first-order valence-corrected chi connectivity index (χ1v) is 7.64. The van der Waals surface area contributed by atoms with Crippen LogP contribution < -0.4 is 10.9 Å². The number of pyridine rings is 1. The maximum atomic E-state index is 12.1. The van der Waals surface area contributed by atoms with E-state index in [-0.39, 0.29) is 5.56 Å². The third-order valence-electron chi connectivity index (χ3n) is 3.98. The van der Waals surface area contributed by atoms with E-state index < -0.39 is 0 Å². The molecule has 0 spiro atoms. The van der Waals surface area contributed by atoms with E-state index in [1.54, 1.807) is 10.6 Å². The number of nitrogens with one attached hydrogen (secondary N) is 1. The van der Waals surface area contributed by atoms with Gasteiger partial charge in [0.05, 0.1) is 5.52 Å². The molecule has 0 amide bonds. The normalized spacial score (nSPS) is 12.8. The molecule has 0 saturated heterocycles. The van der Waals surface area contributed by atoms with Crippen LogP contribution in [0, 0.1) is 0 Å². The van der Waals surface area contributed by atoms with E-state index in [9.17, 15) is 4.79 Å². The summed E-state index contributed by atoms with van der Waals surface area (Å²) in [5, 5.41) is 4.59. The minimum atomic E-state index is 0.0197. The summed E-state index contributed by atoms with van der Waals surface area (Å²) in [5.41, 5.74) is 1.90. The van der Waals surface area contributed by atoms with Gasteiger partial charge in [-0.2, -0.15) is 0 Å². The first-order chi connectivity index (χ1) is 10.1. The first kappa shape index (κ1) is 15.6. The van der Waals surface area contributed by atoms with Crippen molar-refractivity contribution in [3.05, 3.63) is 40.7 Å². The molecule has 0 fully saturated rings. The highest BCUT2D eigenvalue weighted by Gasteiger charge is 2.11. The SMILES string of the molecule is CCN(CC)CC(C)Nc1cc(=O)n(C)c2ccccc12. The van der Waals surface area contributed by atoms with E-state index in [1.807, 2.05) is 25.2 Å². The smallest absolute Gasteiger partial charge is 0.252 e. The van der Waals surface area contributed by atoms with Crippen LogP contribution in [-0.2, 0) is 7.05 Å². The van der Waals surface area contributed by atoms with Gasteiger partial charge in [0, 0.05) is 36.8 Å². The molecule has 1 heterocycles. The molecule has 4 nitrogen and oxygen atoms in total. The summed E-state index contributed by atoms with van der Waals surface area (Å²) in [5.74, 6) is 0. The Morgan fingerprint density at radius 2 is 1.90 bits per heavy atom. The summed E-state index contributed by atoms with van der Waals surface area (Å²) in [7, 11) is 1.81. The van der Waals surface area contributed by atoms with E-state index in [0.717, 1.165) is 36.2 Å². The minimum absolute atomic E-state index is 0.0197. The lowest BCUT2D eigenvalue weighted by Crippen LogP contribution is -2.35. The van der Waals surface area contributed by atoms with Gasteiger partial charge in [0.2, 0.25) is 0 Å². The van der Waals surface area contributed by atoms with Crippen molar-refractivity contribution in [2.45, 2.75) is 26.8 Å². The Balaban J connectivity index is 2.30. The molecule has 2 rings (SSSR count). The zero-order chi connectivity index (χ0) is 15.4. The van der Waals surface area contributed by atoms with Crippen LogP contribution in [0.25, 0.3) is 10.9 Å². The zero-order valence-corrected chi connectivity index (χ0v) is 13.4. The third kappa shape index (κ3) is 3.45. The van der Waals surface area contributed by atoms with E-state index in [1.165, 1.54) is 0 Å². The molecule has 1 unspecified atom stereocenters. The average Bonchev–Trinajstić information content (AvgIpc) is 2.50. The minimum Gasteiger partial charge on any atom is -0.381 e. The summed E-state index contributed by atoms with van der Waals surface area (Å²) in [6, 6.07) is 10.00. The molecular formula is C17H25N3O. The van der Waals surface area contributed by atoms with Crippen molar-refractivity contribution in [3.63, 3.8) is 0 Å². The molecule has 21 heavy (non-hydrogen) atoms. The molecule has 1 atom stereocenters. The van der Waals surface area contributed by atoms with Crippen molar-refractivity contribution >= 4 is 16.6 Å². The maximum Gasteiger partial charge on any atom is 0.252 e. The van der Waals surface area contributed by atoms with Crippen LogP contribution in [0.15, 0.2) is 35.1 Å². The van der Waals surface area contributed by atoms with Crippen LogP contribution in [0.5, 0.6) is 0 Å². The lowest BCUT2D eigenvalue weighted by Gasteiger charge is -2.24. The van der Waals surface area contributed by atoms with Crippen molar-refractivity contribution in [2.24, 2.45) is 7.05 Å². The van der Waals surface area contributed by atoms with Gasteiger partial charge >= 0.3 is 0 Å². The van der Waals surface area contributed by atoms with Crippen LogP contribution in [0.2, 0.25) is 0 Å². The fraction of sp³-hybridized carbons (Fsp3) is 0.471. The fourth-order valence-electron chi connectivity index (χ4n) is 2.71. The molecule has 0 aliphatic carbocycles. The molecule has 0 radical (unpaired) electrons. The first-order valence-electron chi connectivity index (χ1n) is 7.64. The average molecular weight is 287 g/mol. The van der Waals surface area contributed by atoms with Gasteiger partial charge in [-0.3, -0.25) is 4.79 Å². The van der Waals surface area contributed by atoms with Gasteiger partial charge in [-0.15, -0.1) is 0 Å². The van der Waals surface area contributed by atoms with Crippen LogP contribution >= 0.6 is 0 Å². The summed E-state index contributed by atoms with van der Waals surface area (Å²) in [6.45, 7) is 9.55. The van der Waals surface area contributed by atoms with Crippen molar-refractivity contribution < 1.29 is 0 Å². The van der Waals surface area contributed by atoms with E-state index in [4.69, 9.17) is 0 Å². The number of rotatable bonds is 6. The van der Waals surface area contributed by atoms with Crippen molar-refractivity contribution in [2.75, 3.05) is 25.0 Å². The lowest BCUT2D eigenvalue weighted by atomic mass is 10.1. The van der Waals surface area contributed by atoms with Gasteiger partial charge in [0.25, 0.3) is 5.56 Å². The lowest BCUT2D eigenvalue weighted by molar-refractivity contribution is 0.295. The molecule has 1 aromatic heterocycles. The summed E-state index contributed by atoms with van der Waals surface area (Å²) < 4.78 is 1.69. The number of aryl methyl sites for hydroxylation is 1. The predicted molar refractivity (Wildman–Crippen MR) is 90.1 cm³/mol. The number of fused-ring (bicyclic) bond motifs is 1. The van der Waals surface area contributed by atoms with Gasteiger partial charge < -0.3 is 14.8 Å². The summed E-state index contributed by atoms with van der Waals surface area (Å²) >= 11 is 0. The van der Waals surface area contributed by atoms with E-state index in [2.05, 4.69) is 37.1 Å². The Bertz CT molecular complexity index is 659. The molecule has 114 valence electrons. The second kappa shape index (κ2) is 6.76. The van der Waals surface area contributed by atoms with Gasteiger partial charge in [0.1, 0.15) is 0 Å². The summed E-state index contributed by atoms with van der Waals surface area (Å²) in [4.78, 5) is 14.5. The highest BCUT2D eigenvalue weighted by Crippen LogP contribution is 2.21. The molecule has 0 bridgehead atoms. The monoisotopic (exact) mass is 287 g/mol. The Hall–Kier alpha value is -1.81. The van der Waals surface area contributed by atoms with Crippen molar-refractivity contribution in [3.8, 4) is 0 Å². The molecule has 2 aromatic rings. The number of nitrogens with zero attached hydrogens (tertiary/aromatic N) is 2. The number of benzene rings is 1. The quantitative estimate of drug-likeness (QED) is 0.887. The molecule has 0 aliphatic heterocycles. The Morgan fingerprint density at radius 3 is 2.57 bits per heavy atom. The van der Waals surface area contributed by atoms with Gasteiger partial charge in [-0.25, -0.2) is 0 Å². The standard InChI is InChI=1S/C17H25N3O/c1-5-20(6-2)12-13(3)18-15-11-17(21)19(4)16-10-8-7-9-14(15)16/h7-11,13,18H,5-6,12H2,1-4H3. The van der Waals surface area contributed by atoms with Gasteiger partial charge in [0.15, 0.2) is 0 Å². The van der Waals surface area contributed by atoms with Crippen LogP contribution in [-0.4, -0.2) is 35.1 Å². The Labute approximate surface area is 126 Å². The number of anilines is 1. The fourth-order valence-corrected chi connectivity index (χ4v) is 2.71. The zero-order valence-electron chi connectivity index (χ0n) is 13.4. The largest absolute Gasteiger partial charge is 0.381 e. The van der Waals surface area contributed by atoms with Crippen LogP contribution in [0.4, 0.5) is 5.69 Å². The molecular weight excluding hydrogens is 262 g/mol. The topological polar surface area (TPSA) is 37.3 Å². The molecule has 0 aliphatic rings. The van der Waals surface area contributed by atoms with Crippen LogP contribution in [0.1, 0.15) is 20.8 Å². The van der Waals surface area contributed by atoms with Gasteiger partial charge in [-0.1, -0.05) is 32.0 Å². The van der Waals surface area contributed by atoms with Gasteiger partial charge in [-0.05, 0) is 26.1 Å². The number of hydrogen-bond donors (Lipinski definition) is 1. The molecule has 1 aromatic carbocycles. The number of likely N-dealkylation sites (N-methyl/N-ethyl adjacent to an activating group) is 1. The van der Waals surface area contributed by atoms with E-state index in [0.29, 0.717) is 6.04 Å². The maximum absolute atomic E-state index is 12.1. The number of para-hydroxylation sites is 1. The van der Waals surface area contributed by atoms with Crippen molar-refractivity contribution in [1.82, 2.24) is 9.47 Å². The second-order valence-corrected chi connectivity index (χ2v) is 5.50. The number of hydrogen-bond acceptors (Lipinski definition) is 3. The number of aromatic nitrogens is 1. The van der Waals surface area contributed by atoms with E-state index >= 15 is 0 Å². The Morgan fingerprint density at radius 1 is 1.24 bits per heavy atom. The molecule has 4 heteroatoms.